The highest BCUT2D eigenvalue weighted by molar-refractivity contribution is 6.33. The van der Waals surface area contributed by atoms with Crippen LogP contribution in [0, 0.1) is 24.0 Å². The maximum Gasteiger partial charge on any atom is 0.269 e. The summed E-state index contributed by atoms with van der Waals surface area (Å²) in [5.41, 5.74) is 2.17. The van der Waals surface area contributed by atoms with E-state index in [9.17, 15) is 14.9 Å². The molecule has 132 valence electrons. The number of nitrogens with zero attached hydrogens (tertiary/aromatic N) is 2. The van der Waals surface area contributed by atoms with Gasteiger partial charge in [0.15, 0.2) is 0 Å². The van der Waals surface area contributed by atoms with E-state index in [2.05, 4.69) is 10.5 Å². The van der Waals surface area contributed by atoms with E-state index < -0.39 is 10.8 Å². The number of nitro groups is 1. The molecule has 0 unspecified atom stereocenters. The van der Waals surface area contributed by atoms with Crippen molar-refractivity contribution in [3.05, 3.63) is 74.5 Å². The Morgan fingerprint density at radius 3 is 2.62 bits per heavy atom. The maximum absolute atomic E-state index is 12.8. The fraction of sp³-hybridized carbons (Fsp3) is 0.111. The lowest BCUT2D eigenvalue weighted by Crippen LogP contribution is -2.14. The minimum atomic E-state index is -0.488. The number of carbonyl (C=O) groups excluding carboxylic acids is 1. The topological polar surface area (TPSA) is 98.3 Å². The maximum atomic E-state index is 12.8. The number of hydrogen-bond donors (Lipinski definition) is 1. The minimum absolute atomic E-state index is 0.0431. The van der Waals surface area contributed by atoms with Gasteiger partial charge in [-0.1, -0.05) is 35.0 Å². The number of non-ortho nitro benzene ring substituents is 1. The van der Waals surface area contributed by atoms with Crippen molar-refractivity contribution in [2.75, 3.05) is 5.32 Å². The summed E-state index contributed by atoms with van der Waals surface area (Å²) in [6, 6.07) is 11.2. The second kappa shape index (κ2) is 6.97. The lowest BCUT2D eigenvalue weighted by atomic mass is 10.1. The second-order valence-corrected chi connectivity index (χ2v) is 6.06. The number of nitrogens with one attached hydrogen (secondary N) is 1. The third-order valence-electron chi connectivity index (χ3n) is 3.89. The lowest BCUT2D eigenvalue weighted by Gasteiger charge is -2.09. The van der Waals surface area contributed by atoms with Crippen LogP contribution in [0.1, 0.15) is 21.7 Å². The Morgan fingerprint density at radius 1 is 1.23 bits per heavy atom. The molecular formula is C18H14ClN3O4. The van der Waals surface area contributed by atoms with E-state index in [1.54, 1.807) is 38.1 Å². The first kappa shape index (κ1) is 17.6. The summed E-state index contributed by atoms with van der Waals surface area (Å²) in [6.45, 7) is 3.31. The highest BCUT2D eigenvalue weighted by atomic mass is 35.5. The predicted molar refractivity (Wildman–Crippen MR) is 97.5 cm³/mol. The fourth-order valence-corrected chi connectivity index (χ4v) is 2.79. The van der Waals surface area contributed by atoms with E-state index in [0.717, 1.165) is 0 Å². The van der Waals surface area contributed by atoms with Gasteiger partial charge in [-0.25, -0.2) is 0 Å². The summed E-state index contributed by atoms with van der Waals surface area (Å²) in [5.74, 6) is -0.0902. The van der Waals surface area contributed by atoms with Crippen molar-refractivity contribution >= 4 is 28.9 Å². The van der Waals surface area contributed by atoms with E-state index in [1.165, 1.54) is 18.2 Å². The van der Waals surface area contributed by atoms with Crippen LogP contribution in [-0.4, -0.2) is 16.0 Å². The molecule has 0 atom stereocenters. The van der Waals surface area contributed by atoms with E-state index in [4.69, 9.17) is 16.1 Å². The molecule has 1 N–H and O–H groups in total. The number of nitro benzene ring substituents is 1. The van der Waals surface area contributed by atoms with Crippen molar-refractivity contribution in [3.63, 3.8) is 0 Å². The highest BCUT2D eigenvalue weighted by Gasteiger charge is 2.23. The molecule has 2 aromatic carbocycles. The zero-order chi connectivity index (χ0) is 18.8. The average molecular weight is 372 g/mol. The summed E-state index contributed by atoms with van der Waals surface area (Å²) in [6.07, 6.45) is 0. The molecule has 0 aliphatic heterocycles. The average Bonchev–Trinajstić information content (AvgIpc) is 2.98. The van der Waals surface area contributed by atoms with Gasteiger partial charge in [0.1, 0.15) is 17.0 Å². The van der Waals surface area contributed by atoms with Gasteiger partial charge in [-0.05, 0) is 31.5 Å². The van der Waals surface area contributed by atoms with Crippen molar-refractivity contribution in [3.8, 4) is 11.3 Å². The van der Waals surface area contributed by atoms with Crippen LogP contribution >= 0.6 is 11.6 Å². The number of carbonyl (C=O) groups is 1. The van der Waals surface area contributed by atoms with Crippen molar-refractivity contribution in [1.29, 1.82) is 0 Å². The number of hydrogen-bond acceptors (Lipinski definition) is 5. The summed E-state index contributed by atoms with van der Waals surface area (Å²) < 4.78 is 5.19. The van der Waals surface area contributed by atoms with Gasteiger partial charge < -0.3 is 9.84 Å². The van der Waals surface area contributed by atoms with Crippen molar-refractivity contribution in [2.45, 2.75) is 13.8 Å². The number of rotatable bonds is 4. The quantitative estimate of drug-likeness (QED) is 0.526. The predicted octanol–water partition coefficient (Wildman–Crippen LogP) is 4.77. The van der Waals surface area contributed by atoms with Crippen LogP contribution in [0.3, 0.4) is 0 Å². The number of aromatic nitrogens is 1. The second-order valence-electron chi connectivity index (χ2n) is 5.65. The minimum Gasteiger partial charge on any atom is -0.360 e. The molecule has 3 rings (SSSR count). The molecule has 0 bridgehead atoms. The number of anilines is 1. The molecule has 0 saturated carbocycles. The third kappa shape index (κ3) is 3.29. The van der Waals surface area contributed by atoms with Crippen LogP contribution in [-0.2, 0) is 0 Å². The van der Waals surface area contributed by atoms with Gasteiger partial charge >= 0.3 is 0 Å². The SMILES string of the molecule is Cc1cc([N+](=O)[O-])ccc1NC(=O)c1c(-c2ccccc2Cl)noc1C. The van der Waals surface area contributed by atoms with Crippen molar-refractivity contribution in [1.82, 2.24) is 5.16 Å². The van der Waals surface area contributed by atoms with Crippen molar-refractivity contribution in [2.24, 2.45) is 0 Å². The monoisotopic (exact) mass is 371 g/mol. The Balaban J connectivity index is 1.96. The van der Waals surface area contributed by atoms with Gasteiger partial charge in [0.2, 0.25) is 0 Å². The van der Waals surface area contributed by atoms with E-state index >= 15 is 0 Å². The molecule has 1 aromatic heterocycles. The van der Waals surface area contributed by atoms with Gasteiger partial charge in [0.25, 0.3) is 11.6 Å². The van der Waals surface area contributed by atoms with Crippen LogP contribution < -0.4 is 5.32 Å². The zero-order valence-electron chi connectivity index (χ0n) is 13.9. The molecule has 0 saturated heterocycles. The highest BCUT2D eigenvalue weighted by Crippen LogP contribution is 2.32. The summed E-state index contributed by atoms with van der Waals surface area (Å²) in [7, 11) is 0. The van der Waals surface area contributed by atoms with Gasteiger partial charge in [-0.2, -0.15) is 0 Å². The summed E-state index contributed by atoms with van der Waals surface area (Å²) in [5, 5.41) is 18.0. The van der Waals surface area contributed by atoms with Crippen LogP contribution in [0.25, 0.3) is 11.3 Å². The molecule has 0 spiro atoms. The molecular weight excluding hydrogens is 358 g/mol. The number of halogens is 1. The first-order chi connectivity index (χ1) is 12.4. The smallest absolute Gasteiger partial charge is 0.269 e. The van der Waals surface area contributed by atoms with Crippen molar-refractivity contribution < 1.29 is 14.2 Å². The molecule has 0 radical (unpaired) electrons. The molecule has 8 heteroatoms. The van der Waals surface area contributed by atoms with Crippen LogP contribution in [0.4, 0.5) is 11.4 Å². The molecule has 7 nitrogen and oxygen atoms in total. The van der Waals surface area contributed by atoms with Gasteiger partial charge in [-0.3, -0.25) is 14.9 Å². The van der Waals surface area contributed by atoms with Crippen LogP contribution in [0.5, 0.6) is 0 Å². The fourth-order valence-electron chi connectivity index (χ4n) is 2.56. The number of aryl methyl sites for hydroxylation is 2. The molecule has 0 aliphatic carbocycles. The number of benzene rings is 2. The summed E-state index contributed by atoms with van der Waals surface area (Å²) >= 11 is 6.20. The molecule has 3 aromatic rings. The molecule has 0 aliphatic rings. The Morgan fingerprint density at radius 2 is 1.96 bits per heavy atom. The number of amides is 1. The van der Waals surface area contributed by atoms with E-state index in [-0.39, 0.29) is 11.3 Å². The van der Waals surface area contributed by atoms with Gasteiger partial charge in [0.05, 0.1) is 9.95 Å². The zero-order valence-corrected chi connectivity index (χ0v) is 14.7. The standard InChI is InChI=1S/C18H14ClN3O4/c1-10-9-12(22(24)25)7-8-15(10)20-18(23)16-11(2)26-21-17(16)13-5-3-4-6-14(13)19/h3-9H,1-2H3,(H,20,23). The van der Waals surface area contributed by atoms with Gasteiger partial charge in [-0.15, -0.1) is 0 Å². The first-order valence-electron chi connectivity index (χ1n) is 7.66. The lowest BCUT2D eigenvalue weighted by molar-refractivity contribution is -0.384. The van der Waals surface area contributed by atoms with Crippen LogP contribution in [0.2, 0.25) is 5.02 Å². The Kier molecular flexibility index (Phi) is 4.73. The van der Waals surface area contributed by atoms with E-state index in [1.807, 2.05) is 0 Å². The summed E-state index contributed by atoms with van der Waals surface area (Å²) in [4.78, 5) is 23.1. The molecule has 1 amide bonds. The van der Waals surface area contributed by atoms with E-state index in [0.29, 0.717) is 33.3 Å². The Hall–Kier alpha value is -3.19. The first-order valence-corrected chi connectivity index (χ1v) is 8.04. The Bertz CT molecular complexity index is 1010. The molecule has 26 heavy (non-hydrogen) atoms. The Labute approximate surface area is 153 Å². The van der Waals surface area contributed by atoms with Gasteiger partial charge in [0, 0.05) is 23.4 Å². The molecule has 1 heterocycles. The van der Waals surface area contributed by atoms with Crippen LogP contribution in [0.15, 0.2) is 47.0 Å². The third-order valence-corrected chi connectivity index (χ3v) is 4.22. The molecule has 0 fully saturated rings. The largest absolute Gasteiger partial charge is 0.360 e. The normalized spacial score (nSPS) is 10.6.